The van der Waals surface area contributed by atoms with E-state index < -0.39 is 11.0 Å². The maximum Gasteiger partial charge on any atom is 0.144 e. The Morgan fingerprint density at radius 2 is 1.58 bits per heavy atom. The lowest BCUT2D eigenvalue weighted by molar-refractivity contribution is -0.140. The first-order valence-corrected chi connectivity index (χ1v) is 12.8. The number of piperidine rings is 1. The highest BCUT2D eigenvalue weighted by atomic mass is 16.1. The minimum Gasteiger partial charge on any atom is -0.305 e. The van der Waals surface area contributed by atoms with Crippen molar-refractivity contribution in [3.05, 3.63) is 95.2 Å². The van der Waals surface area contributed by atoms with Crippen LogP contribution in [0.15, 0.2) is 72.8 Å². The van der Waals surface area contributed by atoms with E-state index in [9.17, 15) is 4.79 Å². The fourth-order valence-corrected chi connectivity index (χ4v) is 7.49. The van der Waals surface area contributed by atoms with Crippen LogP contribution in [0.5, 0.6) is 0 Å². The number of hydrogen-bond donors (Lipinski definition) is 0. The van der Waals surface area contributed by atoms with Gasteiger partial charge in [0.15, 0.2) is 0 Å². The molecule has 2 aliphatic heterocycles. The Morgan fingerprint density at radius 1 is 0.889 bits per heavy atom. The van der Waals surface area contributed by atoms with Crippen LogP contribution in [0.2, 0.25) is 0 Å². The number of aryl methyl sites for hydroxylation is 1. The predicted octanol–water partition coefficient (Wildman–Crippen LogP) is 4.78. The van der Waals surface area contributed by atoms with Gasteiger partial charge in [0.1, 0.15) is 11.3 Å². The Morgan fingerprint density at radius 3 is 2.36 bits per heavy atom. The summed E-state index contributed by atoms with van der Waals surface area (Å²) in [5.74, 6) is 0.388. The van der Waals surface area contributed by atoms with Crippen molar-refractivity contribution in [1.29, 1.82) is 0 Å². The third-order valence-electron chi connectivity index (χ3n) is 8.97. The molecule has 5 nitrogen and oxygen atoms in total. The summed E-state index contributed by atoms with van der Waals surface area (Å²) >= 11 is 0. The number of likely N-dealkylation sites (N-methyl/N-ethyl adjacent to an activating group) is 1. The van der Waals surface area contributed by atoms with Crippen molar-refractivity contribution in [3.63, 3.8) is 0 Å². The number of fused-ring (bicyclic) bond motifs is 7. The van der Waals surface area contributed by atoms with Crippen molar-refractivity contribution in [2.45, 2.75) is 24.8 Å². The van der Waals surface area contributed by atoms with Gasteiger partial charge >= 0.3 is 0 Å². The molecule has 1 aliphatic carbocycles. The summed E-state index contributed by atoms with van der Waals surface area (Å²) in [4.78, 5) is 29.8. The molecule has 0 radical (unpaired) electrons. The maximum absolute atomic E-state index is 14.5. The second-order valence-electron chi connectivity index (χ2n) is 10.9. The number of Topliss-reactive ketones (excluding diaryl/α,β-unsaturated/α-hetero) is 1. The number of carbonyl (C=O) groups excluding carboxylic acids is 1. The van der Waals surface area contributed by atoms with Gasteiger partial charge in [-0.1, -0.05) is 66.2 Å². The average molecular weight is 475 g/mol. The molecule has 1 aromatic heterocycles. The summed E-state index contributed by atoms with van der Waals surface area (Å²) in [6.07, 6.45) is 0.549. The summed E-state index contributed by atoms with van der Waals surface area (Å²) < 4.78 is 0. The topological polar surface area (TPSA) is 49.3 Å². The van der Waals surface area contributed by atoms with Gasteiger partial charge in [-0.25, -0.2) is 9.97 Å². The normalized spacial score (nSPS) is 27.8. The second-order valence-corrected chi connectivity index (χ2v) is 10.9. The predicted molar refractivity (Wildman–Crippen MR) is 142 cm³/mol. The molecule has 2 fully saturated rings. The third-order valence-corrected chi connectivity index (χ3v) is 8.97. The van der Waals surface area contributed by atoms with E-state index in [1.165, 1.54) is 11.1 Å². The molecule has 3 heterocycles. The van der Waals surface area contributed by atoms with Gasteiger partial charge < -0.3 is 4.90 Å². The van der Waals surface area contributed by atoms with E-state index in [0.29, 0.717) is 18.7 Å². The number of para-hydroxylation sites is 2. The highest BCUT2D eigenvalue weighted by Gasteiger charge is 2.72. The van der Waals surface area contributed by atoms with Crippen molar-refractivity contribution in [2.24, 2.45) is 5.41 Å². The quantitative estimate of drug-likeness (QED) is 0.397. The van der Waals surface area contributed by atoms with Gasteiger partial charge in [-0.3, -0.25) is 9.69 Å². The molecule has 3 atom stereocenters. The molecular formula is C31H30N4O. The van der Waals surface area contributed by atoms with Gasteiger partial charge in [-0.05, 0) is 44.3 Å². The Kier molecular flexibility index (Phi) is 4.58. The third kappa shape index (κ3) is 2.60. The highest BCUT2D eigenvalue weighted by molar-refractivity contribution is 5.94. The fraction of sp³-hybridized carbons (Fsp3) is 0.323. The van der Waals surface area contributed by atoms with E-state index in [0.717, 1.165) is 46.6 Å². The molecule has 0 bridgehead atoms. The highest BCUT2D eigenvalue weighted by Crippen LogP contribution is 2.67. The number of hydrogen-bond acceptors (Lipinski definition) is 5. The van der Waals surface area contributed by atoms with E-state index in [1.807, 2.05) is 24.3 Å². The molecule has 0 amide bonds. The number of rotatable bonds is 1. The molecule has 180 valence electrons. The molecule has 7 rings (SSSR count). The second kappa shape index (κ2) is 7.55. The Balaban J connectivity index is 1.60. The minimum absolute atomic E-state index is 0.0469. The van der Waals surface area contributed by atoms with Gasteiger partial charge in [0.05, 0.1) is 27.8 Å². The number of aromatic nitrogens is 2. The number of benzene rings is 3. The van der Waals surface area contributed by atoms with Crippen LogP contribution in [0.25, 0.3) is 22.3 Å². The lowest BCUT2D eigenvalue weighted by Crippen LogP contribution is -2.62. The van der Waals surface area contributed by atoms with Gasteiger partial charge in [0.25, 0.3) is 0 Å². The summed E-state index contributed by atoms with van der Waals surface area (Å²) in [6, 6.07) is 25.4. The minimum atomic E-state index is -0.683. The van der Waals surface area contributed by atoms with Crippen LogP contribution < -0.4 is 0 Å². The number of likely N-dealkylation sites (tertiary alicyclic amines) is 2. The van der Waals surface area contributed by atoms with E-state index in [4.69, 9.17) is 9.97 Å². The summed E-state index contributed by atoms with van der Waals surface area (Å²) in [6.45, 7) is 4.38. The zero-order valence-electron chi connectivity index (χ0n) is 21.0. The van der Waals surface area contributed by atoms with E-state index in [1.54, 1.807) is 0 Å². The average Bonchev–Trinajstić information content (AvgIpc) is 3.32. The summed E-state index contributed by atoms with van der Waals surface area (Å²) in [7, 11) is 4.33. The molecular weight excluding hydrogens is 444 g/mol. The van der Waals surface area contributed by atoms with Crippen LogP contribution in [-0.4, -0.2) is 59.3 Å². The molecule has 3 aliphatic rings. The molecule has 0 N–H and O–H groups in total. The van der Waals surface area contributed by atoms with Crippen molar-refractivity contribution in [1.82, 2.24) is 19.8 Å². The van der Waals surface area contributed by atoms with Crippen molar-refractivity contribution >= 4 is 16.8 Å². The van der Waals surface area contributed by atoms with Crippen molar-refractivity contribution in [2.75, 3.05) is 33.7 Å². The number of ketones is 1. The maximum atomic E-state index is 14.5. The van der Waals surface area contributed by atoms with E-state index in [-0.39, 0.29) is 5.92 Å². The molecule has 3 aromatic carbocycles. The van der Waals surface area contributed by atoms with Crippen LogP contribution in [0.1, 0.15) is 34.7 Å². The molecule has 0 saturated carbocycles. The van der Waals surface area contributed by atoms with Crippen molar-refractivity contribution in [3.8, 4) is 11.3 Å². The Hall–Kier alpha value is -3.41. The van der Waals surface area contributed by atoms with Crippen LogP contribution in [-0.2, 0) is 10.3 Å². The van der Waals surface area contributed by atoms with Gasteiger partial charge in [-0.15, -0.1) is 0 Å². The molecule has 36 heavy (non-hydrogen) atoms. The van der Waals surface area contributed by atoms with Crippen LogP contribution >= 0.6 is 0 Å². The fourth-order valence-electron chi connectivity index (χ4n) is 7.49. The van der Waals surface area contributed by atoms with Gasteiger partial charge in [-0.2, -0.15) is 0 Å². The van der Waals surface area contributed by atoms with Gasteiger partial charge in [0, 0.05) is 37.5 Å². The van der Waals surface area contributed by atoms with Crippen molar-refractivity contribution < 1.29 is 4.79 Å². The molecule has 2 saturated heterocycles. The molecule has 2 spiro atoms. The Bertz CT molecular complexity index is 1530. The molecule has 5 heteroatoms. The van der Waals surface area contributed by atoms with Crippen LogP contribution in [0.4, 0.5) is 0 Å². The first kappa shape index (κ1) is 21.8. The molecule has 4 aromatic rings. The first-order valence-electron chi connectivity index (χ1n) is 12.8. The smallest absolute Gasteiger partial charge is 0.144 e. The zero-order chi connectivity index (χ0) is 24.7. The zero-order valence-corrected chi connectivity index (χ0v) is 21.0. The molecule has 0 unspecified atom stereocenters. The van der Waals surface area contributed by atoms with Crippen LogP contribution in [0, 0.1) is 12.3 Å². The summed E-state index contributed by atoms with van der Waals surface area (Å²) in [5, 5.41) is 0. The summed E-state index contributed by atoms with van der Waals surface area (Å²) in [5.41, 5.74) is 6.98. The standard InChI is InChI=1S/C31H30N4O/c1-20-12-14-21(15-13-20)24-18-35(3)31(30(24)19-34(2)17-16-27(30)36)23-9-5-4-8-22(23)28-29(31)33-26-11-7-6-10-25(26)32-28/h4-15,24H,16-19H2,1-3H3/t24-,30+,31+/m1/s1. The lowest BCUT2D eigenvalue weighted by Gasteiger charge is -2.51. The van der Waals surface area contributed by atoms with E-state index >= 15 is 0 Å². The number of carbonyl (C=O) groups is 1. The largest absolute Gasteiger partial charge is 0.305 e. The van der Waals surface area contributed by atoms with E-state index in [2.05, 4.69) is 79.3 Å². The monoisotopic (exact) mass is 474 g/mol. The Labute approximate surface area is 211 Å². The van der Waals surface area contributed by atoms with Gasteiger partial charge in [0.2, 0.25) is 0 Å². The van der Waals surface area contributed by atoms with Crippen LogP contribution in [0.3, 0.4) is 0 Å². The first-order chi connectivity index (χ1) is 17.5. The lowest BCUT2D eigenvalue weighted by atomic mass is 9.56. The number of nitrogens with zero attached hydrogens (tertiary/aromatic N) is 4. The SMILES string of the molecule is Cc1ccc([C@H]2CN(C)[C@]3(c4ccccc4-c4nc5ccccc5nc43)[C@@]23CN(C)CCC3=O)cc1.